The number of hydrogen-bond donors (Lipinski definition) is 2. The van der Waals surface area contributed by atoms with E-state index in [1.54, 1.807) is 0 Å². The van der Waals surface area contributed by atoms with Gasteiger partial charge in [0, 0.05) is 12.6 Å². The smallest absolute Gasteiger partial charge is 0.123 e. The minimum atomic E-state index is -0.183. The van der Waals surface area contributed by atoms with Gasteiger partial charge in [-0.2, -0.15) is 0 Å². The summed E-state index contributed by atoms with van der Waals surface area (Å²) < 4.78 is 13.1. The van der Waals surface area contributed by atoms with Crippen molar-refractivity contribution < 1.29 is 9.50 Å². The standard InChI is InChI=1S/C18H30FNO/c1-3-5-7-18(16-8-10-17(19)11-9-16)20-14-15(6-4-2)12-13-21/h8-11,15,18,20-21H,3-7,12-14H2,1-2H3. The fourth-order valence-electron chi connectivity index (χ4n) is 2.74. The molecular weight excluding hydrogens is 265 g/mol. The first-order chi connectivity index (χ1) is 10.2. The lowest BCUT2D eigenvalue weighted by Gasteiger charge is -2.23. The summed E-state index contributed by atoms with van der Waals surface area (Å²) in [6, 6.07) is 7.11. The summed E-state index contributed by atoms with van der Waals surface area (Å²) in [5.41, 5.74) is 1.16. The Kier molecular flexibility index (Phi) is 9.27. The second-order valence-corrected chi connectivity index (χ2v) is 5.82. The summed E-state index contributed by atoms with van der Waals surface area (Å²) >= 11 is 0. The molecule has 1 rings (SSSR count). The van der Waals surface area contributed by atoms with E-state index in [1.165, 1.54) is 12.1 Å². The molecule has 0 aliphatic rings. The molecule has 120 valence electrons. The molecule has 0 saturated heterocycles. The highest BCUT2D eigenvalue weighted by molar-refractivity contribution is 5.19. The van der Waals surface area contributed by atoms with Gasteiger partial charge in [0.1, 0.15) is 5.82 Å². The van der Waals surface area contributed by atoms with Gasteiger partial charge in [0.05, 0.1) is 0 Å². The monoisotopic (exact) mass is 295 g/mol. The summed E-state index contributed by atoms with van der Waals surface area (Å²) in [4.78, 5) is 0. The highest BCUT2D eigenvalue weighted by atomic mass is 19.1. The maximum absolute atomic E-state index is 13.1. The van der Waals surface area contributed by atoms with Crippen LogP contribution in [0.2, 0.25) is 0 Å². The quantitative estimate of drug-likeness (QED) is 0.632. The first-order valence-electron chi connectivity index (χ1n) is 8.30. The lowest BCUT2D eigenvalue weighted by atomic mass is 9.97. The van der Waals surface area contributed by atoms with Gasteiger partial charge in [-0.25, -0.2) is 4.39 Å². The summed E-state index contributed by atoms with van der Waals surface area (Å²) in [7, 11) is 0. The maximum atomic E-state index is 13.1. The van der Waals surface area contributed by atoms with Crippen molar-refractivity contribution in [3.63, 3.8) is 0 Å². The Labute approximate surface area is 128 Å². The van der Waals surface area contributed by atoms with Gasteiger partial charge in [0.25, 0.3) is 0 Å². The van der Waals surface area contributed by atoms with Gasteiger partial charge in [-0.15, -0.1) is 0 Å². The Balaban J connectivity index is 2.62. The average Bonchev–Trinajstić information content (AvgIpc) is 2.49. The van der Waals surface area contributed by atoms with Crippen LogP contribution in [0, 0.1) is 11.7 Å². The average molecular weight is 295 g/mol. The number of hydrogen-bond acceptors (Lipinski definition) is 2. The normalized spacial score (nSPS) is 14.1. The van der Waals surface area contributed by atoms with E-state index in [9.17, 15) is 4.39 Å². The molecule has 0 aliphatic carbocycles. The number of halogens is 1. The molecule has 21 heavy (non-hydrogen) atoms. The molecule has 0 radical (unpaired) electrons. The molecular formula is C18H30FNO. The van der Waals surface area contributed by atoms with Gasteiger partial charge in [-0.05, 0) is 49.4 Å². The van der Waals surface area contributed by atoms with Crippen molar-refractivity contribution in [2.45, 2.75) is 58.4 Å². The van der Waals surface area contributed by atoms with Gasteiger partial charge < -0.3 is 10.4 Å². The van der Waals surface area contributed by atoms with Crippen LogP contribution in [-0.4, -0.2) is 18.3 Å². The van der Waals surface area contributed by atoms with Gasteiger partial charge in [0.2, 0.25) is 0 Å². The number of benzene rings is 1. The molecule has 0 aromatic heterocycles. The lowest BCUT2D eigenvalue weighted by molar-refractivity contribution is 0.244. The Morgan fingerprint density at radius 1 is 1.05 bits per heavy atom. The predicted octanol–water partition coefficient (Wildman–Crippen LogP) is 4.45. The van der Waals surface area contributed by atoms with Crippen LogP contribution in [0.5, 0.6) is 0 Å². The molecule has 2 nitrogen and oxygen atoms in total. The zero-order chi connectivity index (χ0) is 15.5. The fraction of sp³-hybridized carbons (Fsp3) is 0.667. The Morgan fingerprint density at radius 3 is 2.33 bits per heavy atom. The van der Waals surface area contributed by atoms with Gasteiger partial charge >= 0.3 is 0 Å². The maximum Gasteiger partial charge on any atom is 0.123 e. The largest absolute Gasteiger partial charge is 0.396 e. The van der Waals surface area contributed by atoms with E-state index < -0.39 is 0 Å². The van der Waals surface area contributed by atoms with Gasteiger partial charge in [-0.1, -0.05) is 45.2 Å². The highest BCUT2D eigenvalue weighted by Crippen LogP contribution is 2.21. The van der Waals surface area contributed by atoms with Crippen LogP contribution < -0.4 is 5.32 Å². The van der Waals surface area contributed by atoms with E-state index in [-0.39, 0.29) is 18.5 Å². The van der Waals surface area contributed by atoms with Crippen molar-refractivity contribution >= 4 is 0 Å². The van der Waals surface area contributed by atoms with E-state index in [1.807, 2.05) is 12.1 Å². The summed E-state index contributed by atoms with van der Waals surface area (Å²) in [5.74, 6) is 0.335. The minimum Gasteiger partial charge on any atom is -0.396 e. The van der Waals surface area contributed by atoms with Crippen LogP contribution in [-0.2, 0) is 0 Å². The summed E-state index contributed by atoms with van der Waals surface area (Å²) in [5, 5.41) is 12.8. The molecule has 2 N–H and O–H groups in total. The molecule has 0 bridgehead atoms. The number of rotatable bonds is 11. The van der Waals surface area contributed by atoms with E-state index >= 15 is 0 Å². The zero-order valence-corrected chi connectivity index (χ0v) is 13.4. The number of aliphatic hydroxyl groups excluding tert-OH is 1. The number of unbranched alkanes of at least 4 members (excludes halogenated alkanes) is 1. The summed E-state index contributed by atoms with van der Waals surface area (Å²) in [6.45, 7) is 5.54. The first kappa shape index (κ1) is 18.1. The minimum absolute atomic E-state index is 0.183. The van der Waals surface area contributed by atoms with E-state index in [0.29, 0.717) is 5.92 Å². The van der Waals surface area contributed by atoms with E-state index in [2.05, 4.69) is 19.2 Å². The molecule has 2 unspecified atom stereocenters. The van der Waals surface area contributed by atoms with Crippen LogP contribution in [0.15, 0.2) is 24.3 Å². The summed E-state index contributed by atoms with van der Waals surface area (Å²) in [6.07, 6.45) is 6.52. The molecule has 0 aliphatic heterocycles. The number of nitrogens with one attached hydrogen (secondary N) is 1. The zero-order valence-electron chi connectivity index (χ0n) is 13.4. The van der Waals surface area contributed by atoms with Gasteiger partial charge in [-0.3, -0.25) is 0 Å². The molecule has 0 amide bonds. The molecule has 0 saturated carbocycles. The Hall–Kier alpha value is -0.930. The Morgan fingerprint density at radius 2 is 1.76 bits per heavy atom. The molecule has 3 heteroatoms. The molecule has 1 aromatic carbocycles. The molecule has 2 atom stereocenters. The van der Waals surface area contributed by atoms with Crippen molar-refractivity contribution in [2.24, 2.45) is 5.92 Å². The molecule has 0 heterocycles. The third-order valence-corrected chi connectivity index (χ3v) is 4.01. The van der Waals surface area contributed by atoms with Crippen molar-refractivity contribution in [2.75, 3.05) is 13.2 Å². The van der Waals surface area contributed by atoms with Crippen molar-refractivity contribution in [1.29, 1.82) is 0 Å². The van der Waals surface area contributed by atoms with Crippen molar-refractivity contribution in [3.8, 4) is 0 Å². The first-order valence-corrected chi connectivity index (χ1v) is 8.30. The topological polar surface area (TPSA) is 32.3 Å². The predicted molar refractivity (Wildman–Crippen MR) is 86.8 cm³/mol. The van der Waals surface area contributed by atoms with Gasteiger partial charge in [0.15, 0.2) is 0 Å². The molecule has 0 spiro atoms. The molecule has 1 aromatic rings. The van der Waals surface area contributed by atoms with Crippen LogP contribution in [0.3, 0.4) is 0 Å². The van der Waals surface area contributed by atoms with Crippen molar-refractivity contribution in [3.05, 3.63) is 35.6 Å². The second-order valence-electron chi connectivity index (χ2n) is 5.82. The van der Waals surface area contributed by atoms with Crippen LogP contribution in [0.25, 0.3) is 0 Å². The van der Waals surface area contributed by atoms with Crippen LogP contribution in [0.1, 0.15) is 64.0 Å². The fourth-order valence-corrected chi connectivity index (χ4v) is 2.74. The third kappa shape index (κ3) is 7.05. The third-order valence-electron chi connectivity index (χ3n) is 4.01. The van der Waals surface area contributed by atoms with Crippen molar-refractivity contribution in [1.82, 2.24) is 5.32 Å². The highest BCUT2D eigenvalue weighted by Gasteiger charge is 2.14. The Bertz CT molecular complexity index is 360. The second kappa shape index (κ2) is 10.7. The lowest BCUT2D eigenvalue weighted by Crippen LogP contribution is -2.28. The van der Waals surface area contributed by atoms with E-state index in [4.69, 9.17) is 5.11 Å². The van der Waals surface area contributed by atoms with E-state index in [0.717, 1.165) is 50.6 Å². The SMILES string of the molecule is CCCCC(NCC(CCC)CCO)c1ccc(F)cc1. The number of aliphatic hydroxyl groups is 1. The van der Waals surface area contributed by atoms with Crippen LogP contribution >= 0.6 is 0 Å². The molecule has 0 fully saturated rings. The van der Waals surface area contributed by atoms with Crippen LogP contribution in [0.4, 0.5) is 4.39 Å².